The lowest BCUT2D eigenvalue weighted by molar-refractivity contribution is -0.385. The molecule has 20 heavy (non-hydrogen) atoms. The molecule has 1 rings (SSSR count). The van der Waals surface area contributed by atoms with Crippen molar-refractivity contribution in [3.63, 3.8) is 0 Å². The Morgan fingerprint density at radius 2 is 2.00 bits per heavy atom. The van der Waals surface area contributed by atoms with Crippen LogP contribution in [0.2, 0.25) is 0 Å². The van der Waals surface area contributed by atoms with Gasteiger partial charge in [-0.3, -0.25) is 10.1 Å². The van der Waals surface area contributed by atoms with Crippen LogP contribution in [0.25, 0.3) is 0 Å². The fourth-order valence-corrected chi connectivity index (χ4v) is 3.52. The van der Waals surface area contributed by atoms with Crippen LogP contribution in [0.5, 0.6) is 0 Å². The number of halogens is 1. The minimum atomic E-state index is -3.89. The zero-order valence-corrected chi connectivity index (χ0v) is 13.7. The fraction of sp³-hybridized carbons (Fsp3) is 0.455. The highest BCUT2D eigenvalue weighted by molar-refractivity contribution is 9.10. The molecular formula is C11H16BrN3O4S. The van der Waals surface area contributed by atoms with Gasteiger partial charge in [-0.15, -0.1) is 0 Å². The summed E-state index contributed by atoms with van der Waals surface area (Å²) in [6, 6.07) is 2.37. The van der Waals surface area contributed by atoms with E-state index in [1.165, 1.54) is 13.0 Å². The lowest BCUT2D eigenvalue weighted by atomic mass is 10.1. The molecule has 7 nitrogen and oxygen atoms in total. The van der Waals surface area contributed by atoms with Crippen molar-refractivity contribution in [3.8, 4) is 0 Å². The summed E-state index contributed by atoms with van der Waals surface area (Å²) in [7, 11) is -3.89. The molecule has 1 aromatic carbocycles. The summed E-state index contributed by atoms with van der Waals surface area (Å²) >= 11 is 3.13. The second-order valence-corrected chi connectivity index (χ2v) is 7.54. The van der Waals surface area contributed by atoms with E-state index in [-0.39, 0.29) is 17.1 Å². The van der Waals surface area contributed by atoms with Gasteiger partial charge in [0.05, 0.1) is 9.82 Å². The van der Waals surface area contributed by atoms with Crippen LogP contribution in [-0.2, 0) is 10.0 Å². The molecule has 0 heterocycles. The van der Waals surface area contributed by atoms with Gasteiger partial charge in [-0.2, -0.15) is 0 Å². The van der Waals surface area contributed by atoms with Gasteiger partial charge in [0.2, 0.25) is 10.0 Å². The molecule has 1 aromatic rings. The minimum Gasteiger partial charge on any atom is -0.329 e. The molecule has 3 N–H and O–H groups in total. The SMILES string of the molecule is Cc1c(Br)cc(S(=O)(=O)NC(C)(C)CN)cc1[N+](=O)[O-]. The van der Waals surface area contributed by atoms with E-state index in [0.717, 1.165) is 6.07 Å². The molecule has 112 valence electrons. The van der Waals surface area contributed by atoms with Crippen LogP contribution in [-0.4, -0.2) is 25.4 Å². The van der Waals surface area contributed by atoms with Crippen LogP contribution in [0.15, 0.2) is 21.5 Å². The highest BCUT2D eigenvalue weighted by atomic mass is 79.9. The summed E-state index contributed by atoms with van der Waals surface area (Å²) in [5, 5.41) is 10.9. The van der Waals surface area contributed by atoms with E-state index >= 15 is 0 Å². The van der Waals surface area contributed by atoms with Crippen LogP contribution < -0.4 is 10.5 Å². The second kappa shape index (κ2) is 5.76. The van der Waals surface area contributed by atoms with E-state index in [1.54, 1.807) is 13.8 Å². The molecule has 0 radical (unpaired) electrons. The first-order valence-corrected chi connectivity index (χ1v) is 7.96. The predicted molar refractivity (Wildman–Crippen MR) is 79.0 cm³/mol. The molecule has 0 bridgehead atoms. The highest BCUT2D eigenvalue weighted by Gasteiger charge is 2.27. The first-order chi connectivity index (χ1) is 9.00. The number of nitrogens with zero attached hydrogens (tertiary/aromatic N) is 1. The Balaban J connectivity index is 3.37. The van der Waals surface area contributed by atoms with Crippen molar-refractivity contribution in [2.75, 3.05) is 6.54 Å². The Morgan fingerprint density at radius 3 is 2.45 bits per heavy atom. The Labute approximate surface area is 125 Å². The summed E-state index contributed by atoms with van der Waals surface area (Å²) in [5.41, 5.74) is 4.75. The van der Waals surface area contributed by atoms with Crippen molar-refractivity contribution < 1.29 is 13.3 Å². The largest absolute Gasteiger partial charge is 0.329 e. The number of benzene rings is 1. The van der Waals surface area contributed by atoms with Crippen molar-refractivity contribution in [3.05, 3.63) is 32.3 Å². The Morgan fingerprint density at radius 1 is 1.45 bits per heavy atom. The molecule has 0 saturated heterocycles. The predicted octanol–water partition coefficient (Wildman–Crippen LogP) is 1.68. The number of hydrogen-bond donors (Lipinski definition) is 2. The van der Waals surface area contributed by atoms with Crippen molar-refractivity contribution >= 4 is 31.6 Å². The molecule has 0 amide bonds. The quantitative estimate of drug-likeness (QED) is 0.608. The monoisotopic (exact) mass is 365 g/mol. The van der Waals surface area contributed by atoms with E-state index in [0.29, 0.717) is 10.0 Å². The van der Waals surface area contributed by atoms with Crippen LogP contribution >= 0.6 is 15.9 Å². The molecule has 0 aliphatic heterocycles. The maximum atomic E-state index is 12.2. The number of rotatable bonds is 5. The molecule has 0 fully saturated rings. The van der Waals surface area contributed by atoms with Crippen LogP contribution in [0.4, 0.5) is 5.69 Å². The molecule has 0 atom stereocenters. The van der Waals surface area contributed by atoms with E-state index in [9.17, 15) is 18.5 Å². The maximum Gasteiger partial charge on any atom is 0.274 e. The van der Waals surface area contributed by atoms with E-state index in [1.807, 2.05) is 0 Å². The molecular weight excluding hydrogens is 350 g/mol. The fourth-order valence-electron chi connectivity index (χ4n) is 1.45. The van der Waals surface area contributed by atoms with Gasteiger partial charge in [0.1, 0.15) is 0 Å². The first kappa shape index (κ1) is 17.0. The summed E-state index contributed by atoms with van der Waals surface area (Å²) in [4.78, 5) is 10.1. The van der Waals surface area contributed by atoms with Crippen molar-refractivity contribution in [1.82, 2.24) is 4.72 Å². The summed E-state index contributed by atoms with van der Waals surface area (Å²) in [6.07, 6.45) is 0. The molecule has 0 unspecified atom stereocenters. The minimum absolute atomic E-state index is 0.0986. The smallest absolute Gasteiger partial charge is 0.274 e. The van der Waals surface area contributed by atoms with Crippen molar-refractivity contribution in [2.24, 2.45) is 5.73 Å². The van der Waals surface area contributed by atoms with Gasteiger partial charge in [-0.1, -0.05) is 15.9 Å². The Hall–Kier alpha value is -1.03. The zero-order valence-electron chi connectivity index (χ0n) is 11.3. The van der Waals surface area contributed by atoms with Gasteiger partial charge in [-0.05, 0) is 26.8 Å². The number of sulfonamides is 1. The van der Waals surface area contributed by atoms with Gasteiger partial charge in [-0.25, -0.2) is 13.1 Å². The summed E-state index contributed by atoms with van der Waals surface area (Å²) in [5.74, 6) is 0. The second-order valence-electron chi connectivity index (χ2n) is 5.00. The van der Waals surface area contributed by atoms with E-state index in [4.69, 9.17) is 5.73 Å². The number of nitro groups is 1. The Bertz CT molecular complexity index is 643. The number of nitrogens with one attached hydrogen (secondary N) is 1. The summed E-state index contributed by atoms with van der Waals surface area (Å²) in [6.45, 7) is 4.89. The molecule has 0 spiro atoms. The highest BCUT2D eigenvalue weighted by Crippen LogP contribution is 2.30. The van der Waals surface area contributed by atoms with Crippen LogP contribution in [0, 0.1) is 17.0 Å². The standard InChI is InChI=1S/C11H16BrN3O4S/c1-7-9(12)4-8(5-10(7)15(16)17)20(18,19)14-11(2,3)6-13/h4-5,14H,6,13H2,1-3H3. The van der Waals surface area contributed by atoms with Gasteiger partial charge >= 0.3 is 0 Å². The lowest BCUT2D eigenvalue weighted by Crippen LogP contribution is -2.48. The average molecular weight is 366 g/mol. The van der Waals surface area contributed by atoms with Gasteiger partial charge in [0.15, 0.2) is 0 Å². The Kier molecular flexibility index (Phi) is 4.90. The van der Waals surface area contributed by atoms with Crippen molar-refractivity contribution in [2.45, 2.75) is 31.2 Å². The zero-order chi connectivity index (χ0) is 15.7. The number of hydrogen-bond acceptors (Lipinski definition) is 5. The summed E-state index contributed by atoms with van der Waals surface area (Å²) < 4.78 is 27.2. The molecule has 0 aliphatic rings. The van der Waals surface area contributed by atoms with Gasteiger partial charge in [0.25, 0.3) is 5.69 Å². The van der Waals surface area contributed by atoms with Crippen LogP contribution in [0.1, 0.15) is 19.4 Å². The number of nitro benzene ring substituents is 1. The molecule has 0 aliphatic carbocycles. The molecule has 0 saturated carbocycles. The molecule has 9 heteroatoms. The van der Waals surface area contributed by atoms with Gasteiger partial charge in [0, 0.05) is 28.2 Å². The van der Waals surface area contributed by atoms with E-state index < -0.39 is 20.5 Å². The molecule has 0 aromatic heterocycles. The lowest BCUT2D eigenvalue weighted by Gasteiger charge is -2.23. The third kappa shape index (κ3) is 3.75. The third-order valence-electron chi connectivity index (χ3n) is 2.72. The van der Waals surface area contributed by atoms with E-state index in [2.05, 4.69) is 20.7 Å². The van der Waals surface area contributed by atoms with Crippen LogP contribution in [0.3, 0.4) is 0 Å². The topological polar surface area (TPSA) is 115 Å². The van der Waals surface area contributed by atoms with Crippen molar-refractivity contribution in [1.29, 1.82) is 0 Å². The average Bonchev–Trinajstić information content (AvgIpc) is 2.30. The first-order valence-electron chi connectivity index (χ1n) is 5.69. The number of nitrogens with two attached hydrogens (primary N) is 1. The van der Waals surface area contributed by atoms with Gasteiger partial charge < -0.3 is 5.73 Å². The maximum absolute atomic E-state index is 12.2. The normalized spacial score (nSPS) is 12.4. The third-order valence-corrected chi connectivity index (χ3v) is 5.22.